The van der Waals surface area contributed by atoms with Crippen molar-refractivity contribution in [2.45, 2.75) is 56.7 Å². The summed E-state index contributed by atoms with van der Waals surface area (Å²) in [5.41, 5.74) is -0.697. The van der Waals surface area contributed by atoms with E-state index in [0.717, 1.165) is 32.1 Å². The third-order valence-corrected chi connectivity index (χ3v) is 4.98. The first-order chi connectivity index (χ1) is 8.95. The van der Waals surface area contributed by atoms with Crippen molar-refractivity contribution < 1.29 is 19.1 Å². The van der Waals surface area contributed by atoms with Gasteiger partial charge in [0, 0.05) is 18.4 Å². The molecular weight excluding hydrogens is 244 g/mol. The van der Waals surface area contributed by atoms with Crippen LogP contribution in [0.15, 0.2) is 12.7 Å². The lowest BCUT2D eigenvalue weighted by Crippen LogP contribution is -2.41. The highest BCUT2D eigenvalue weighted by atomic mass is 16.6. The van der Waals surface area contributed by atoms with E-state index in [1.165, 1.54) is 6.08 Å². The van der Waals surface area contributed by atoms with Crippen LogP contribution in [0.2, 0.25) is 0 Å². The Bertz CT molecular complexity index is 443. The van der Waals surface area contributed by atoms with Gasteiger partial charge in [0.2, 0.25) is 0 Å². The Labute approximate surface area is 113 Å². The molecule has 0 aromatic carbocycles. The number of esters is 2. The van der Waals surface area contributed by atoms with E-state index in [2.05, 4.69) is 6.58 Å². The highest BCUT2D eigenvalue weighted by Crippen LogP contribution is 2.57. The van der Waals surface area contributed by atoms with Crippen LogP contribution >= 0.6 is 0 Å². The highest BCUT2D eigenvalue weighted by molar-refractivity contribution is 5.81. The van der Waals surface area contributed by atoms with Crippen LogP contribution in [0.5, 0.6) is 0 Å². The first-order valence-corrected chi connectivity index (χ1v) is 7.02. The van der Waals surface area contributed by atoms with Gasteiger partial charge in [0.1, 0.15) is 11.2 Å². The first kappa shape index (κ1) is 12.7. The number of carbonyl (C=O) groups is 2. The molecule has 4 heteroatoms. The lowest BCUT2D eigenvalue weighted by Gasteiger charge is -2.38. The van der Waals surface area contributed by atoms with Crippen LogP contribution in [-0.2, 0) is 19.1 Å². The van der Waals surface area contributed by atoms with Crippen molar-refractivity contribution in [3.63, 3.8) is 0 Å². The number of hydrogen-bond donors (Lipinski definition) is 0. The summed E-state index contributed by atoms with van der Waals surface area (Å²) in [5.74, 6) is 0.395. The summed E-state index contributed by atoms with van der Waals surface area (Å²) in [6, 6.07) is 0. The van der Waals surface area contributed by atoms with E-state index in [4.69, 9.17) is 9.47 Å². The molecule has 2 saturated carbocycles. The van der Waals surface area contributed by atoms with Crippen molar-refractivity contribution in [1.29, 1.82) is 0 Å². The average molecular weight is 264 g/mol. The molecule has 1 heterocycles. The minimum atomic E-state index is -0.433. The second-order valence-electron chi connectivity index (χ2n) is 6.52. The molecular formula is C15H20O4. The Hall–Kier alpha value is -1.32. The molecule has 19 heavy (non-hydrogen) atoms. The number of hydrogen-bond acceptors (Lipinski definition) is 4. The number of fused-ring (bicyclic) bond motifs is 3. The molecule has 4 atom stereocenters. The standard InChI is InChI=1S/C15H20O4/c1-3-12(16)18-14(2)7-10-6-11(9-14)15(8-10)5-4-13(17)19-15/h3,10-11H,1,4-9H2,2H3. The van der Waals surface area contributed by atoms with Crippen molar-refractivity contribution in [2.24, 2.45) is 11.8 Å². The monoisotopic (exact) mass is 264 g/mol. The smallest absolute Gasteiger partial charge is 0.330 e. The third kappa shape index (κ3) is 2.07. The summed E-state index contributed by atoms with van der Waals surface area (Å²) in [6.07, 6.45) is 6.26. The van der Waals surface area contributed by atoms with Crippen LogP contribution in [-0.4, -0.2) is 23.1 Å². The van der Waals surface area contributed by atoms with E-state index < -0.39 is 5.60 Å². The highest BCUT2D eigenvalue weighted by Gasteiger charge is 2.59. The lowest BCUT2D eigenvalue weighted by atomic mass is 9.76. The zero-order valence-corrected chi connectivity index (χ0v) is 11.3. The van der Waals surface area contributed by atoms with E-state index in [-0.39, 0.29) is 17.5 Å². The molecule has 2 aliphatic carbocycles. The van der Waals surface area contributed by atoms with Gasteiger partial charge in [-0.1, -0.05) is 6.58 Å². The van der Waals surface area contributed by atoms with Crippen LogP contribution in [0, 0.1) is 11.8 Å². The van der Waals surface area contributed by atoms with Crippen molar-refractivity contribution >= 4 is 11.9 Å². The SMILES string of the molecule is C=CC(=O)OC1(C)CC2CC(C1)C1(CCC(=O)O1)C2. The zero-order chi connectivity index (χ0) is 13.7. The molecule has 0 N–H and O–H groups in total. The van der Waals surface area contributed by atoms with Crippen LogP contribution < -0.4 is 0 Å². The number of rotatable bonds is 2. The molecule has 4 unspecified atom stereocenters. The molecule has 4 nitrogen and oxygen atoms in total. The van der Waals surface area contributed by atoms with E-state index in [9.17, 15) is 9.59 Å². The van der Waals surface area contributed by atoms with Gasteiger partial charge < -0.3 is 9.47 Å². The molecule has 0 aromatic heterocycles. The fraction of sp³-hybridized carbons (Fsp3) is 0.733. The molecule has 1 spiro atoms. The minimum Gasteiger partial charge on any atom is -0.459 e. The average Bonchev–Trinajstić information content (AvgIpc) is 2.81. The topological polar surface area (TPSA) is 52.6 Å². The second kappa shape index (κ2) is 4.09. The third-order valence-electron chi connectivity index (χ3n) is 4.98. The van der Waals surface area contributed by atoms with Gasteiger partial charge in [-0.2, -0.15) is 0 Å². The van der Waals surface area contributed by atoms with Gasteiger partial charge in [-0.05, 0) is 44.9 Å². The Balaban J connectivity index is 1.78. The maximum atomic E-state index is 11.5. The van der Waals surface area contributed by atoms with Gasteiger partial charge in [-0.3, -0.25) is 4.79 Å². The fourth-order valence-corrected chi connectivity index (χ4v) is 4.44. The molecule has 3 aliphatic rings. The van der Waals surface area contributed by atoms with E-state index in [1.807, 2.05) is 6.92 Å². The van der Waals surface area contributed by atoms with Crippen LogP contribution in [0.4, 0.5) is 0 Å². The number of carbonyl (C=O) groups excluding carboxylic acids is 2. The molecule has 0 aromatic rings. The van der Waals surface area contributed by atoms with Gasteiger partial charge >= 0.3 is 11.9 Å². The Morgan fingerprint density at radius 3 is 2.89 bits per heavy atom. The minimum absolute atomic E-state index is 0.0719. The Morgan fingerprint density at radius 1 is 1.47 bits per heavy atom. The molecule has 1 aliphatic heterocycles. The summed E-state index contributed by atoms with van der Waals surface area (Å²) in [4.78, 5) is 22.9. The van der Waals surface area contributed by atoms with Gasteiger partial charge in [0.05, 0.1) is 0 Å². The maximum absolute atomic E-state index is 11.5. The summed E-state index contributed by atoms with van der Waals surface area (Å²) in [6.45, 7) is 5.44. The summed E-state index contributed by atoms with van der Waals surface area (Å²) >= 11 is 0. The predicted octanol–water partition coefficient (Wildman–Crippen LogP) is 2.37. The molecule has 1 saturated heterocycles. The van der Waals surface area contributed by atoms with Crippen molar-refractivity contribution in [3.05, 3.63) is 12.7 Å². The van der Waals surface area contributed by atoms with Gasteiger partial charge in [-0.25, -0.2) is 4.79 Å². The van der Waals surface area contributed by atoms with Gasteiger partial charge in [0.15, 0.2) is 0 Å². The normalized spacial score (nSPS) is 44.2. The molecule has 3 fully saturated rings. The summed E-state index contributed by atoms with van der Waals surface area (Å²) < 4.78 is 11.2. The summed E-state index contributed by atoms with van der Waals surface area (Å²) in [7, 11) is 0. The van der Waals surface area contributed by atoms with Crippen molar-refractivity contribution in [3.8, 4) is 0 Å². The zero-order valence-electron chi connectivity index (χ0n) is 11.3. The quantitative estimate of drug-likeness (QED) is 0.567. The van der Waals surface area contributed by atoms with Gasteiger partial charge in [-0.15, -0.1) is 0 Å². The fourth-order valence-electron chi connectivity index (χ4n) is 4.44. The van der Waals surface area contributed by atoms with Crippen molar-refractivity contribution in [2.75, 3.05) is 0 Å². The second-order valence-corrected chi connectivity index (χ2v) is 6.52. The lowest BCUT2D eigenvalue weighted by molar-refractivity contribution is -0.162. The molecule has 0 amide bonds. The van der Waals surface area contributed by atoms with Crippen LogP contribution in [0.1, 0.15) is 45.4 Å². The maximum Gasteiger partial charge on any atom is 0.330 e. The van der Waals surface area contributed by atoms with E-state index >= 15 is 0 Å². The van der Waals surface area contributed by atoms with Crippen molar-refractivity contribution in [1.82, 2.24) is 0 Å². The Morgan fingerprint density at radius 2 is 2.26 bits per heavy atom. The van der Waals surface area contributed by atoms with Crippen LogP contribution in [0.3, 0.4) is 0 Å². The molecule has 104 valence electrons. The largest absolute Gasteiger partial charge is 0.459 e. The summed E-state index contributed by atoms with van der Waals surface area (Å²) in [5, 5.41) is 0. The molecule has 2 bridgehead atoms. The molecule has 0 radical (unpaired) electrons. The number of ether oxygens (including phenoxy) is 2. The van der Waals surface area contributed by atoms with E-state index in [0.29, 0.717) is 18.3 Å². The molecule has 3 rings (SSSR count). The van der Waals surface area contributed by atoms with Crippen LogP contribution in [0.25, 0.3) is 0 Å². The van der Waals surface area contributed by atoms with Gasteiger partial charge in [0.25, 0.3) is 0 Å². The first-order valence-electron chi connectivity index (χ1n) is 7.02. The predicted molar refractivity (Wildman–Crippen MR) is 68.2 cm³/mol. The van der Waals surface area contributed by atoms with E-state index in [1.54, 1.807) is 0 Å². The Kier molecular flexibility index (Phi) is 2.73.